The Morgan fingerprint density at radius 3 is 2.28 bits per heavy atom. The van der Waals surface area contributed by atoms with E-state index in [9.17, 15) is 8.42 Å². The van der Waals surface area contributed by atoms with Crippen LogP contribution in [0, 0.1) is 0 Å². The lowest BCUT2D eigenvalue weighted by molar-refractivity contribution is 0.601. The minimum Gasteiger partial charge on any atom is -0.278 e. The number of halogens is 1. The van der Waals surface area contributed by atoms with Crippen molar-refractivity contribution >= 4 is 31.6 Å². The summed E-state index contributed by atoms with van der Waals surface area (Å²) < 4.78 is 28.6. The van der Waals surface area contributed by atoms with E-state index in [-0.39, 0.29) is 4.90 Å². The van der Waals surface area contributed by atoms with Gasteiger partial charge in [0.2, 0.25) is 0 Å². The van der Waals surface area contributed by atoms with E-state index >= 15 is 0 Å². The predicted molar refractivity (Wildman–Crippen MR) is 109 cm³/mol. The third-order valence-corrected chi connectivity index (χ3v) is 6.24. The first kappa shape index (κ1) is 20.0. The lowest BCUT2D eigenvalue weighted by Gasteiger charge is -2.13. The van der Waals surface area contributed by atoms with Gasteiger partial charge in [0, 0.05) is 4.47 Å². The van der Waals surface area contributed by atoms with Crippen molar-refractivity contribution in [3.8, 4) is 0 Å². The molecule has 25 heavy (non-hydrogen) atoms. The molecule has 0 saturated heterocycles. The van der Waals surface area contributed by atoms with Gasteiger partial charge in [0.15, 0.2) is 0 Å². The molecule has 2 rings (SSSR count). The number of sulfonamides is 1. The van der Waals surface area contributed by atoms with E-state index in [4.69, 9.17) is 0 Å². The summed E-state index contributed by atoms with van der Waals surface area (Å²) in [5, 5.41) is 0. The Morgan fingerprint density at radius 1 is 1.04 bits per heavy atom. The number of nitrogens with one attached hydrogen (secondary N) is 1. The minimum absolute atomic E-state index is 0.284. The average Bonchev–Trinajstić information content (AvgIpc) is 2.57. The lowest BCUT2D eigenvalue weighted by atomic mass is 10.0. The molecule has 1 N–H and O–H groups in total. The topological polar surface area (TPSA) is 46.2 Å². The van der Waals surface area contributed by atoms with Gasteiger partial charge in [0.05, 0.1) is 10.6 Å². The van der Waals surface area contributed by atoms with Crippen LogP contribution in [0.2, 0.25) is 0 Å². The maximum atomic E-state index is 12.6. The normalized spacial score (nSPS) is 11.7. The van der Waals surface area contributed by atoms with Crippen LogP contribution >= 0.6 is 15.9 Å². The molecule has 0 atom stereocenters. The molecule has 136 valence electrons. The number of benzene rings is 2. The number of rotatable bonds is 8. The van der Waals surface area contributed by atoms with Crippen LogP contribution in [0.5, 0.6) is 0 Å². The van der Waals surface area contributed by atoms with E-state index in [1.54, 1.807) is 18.2 Å². The van der Waals surface area contributed by atoms with Gasteiger partial charge in [-0.3, -0.25) is 4.72 Å². The highest BCUT2D eigenvalue weighted by Gasteiger charge is 2.16. The molecular weight excluding hydrogens is 398 g/mol. The molecule has 0 saturated carbocycles. The number of hydrogen-bond donors (Lipinski definition) is 1. The Morgan fingerprint density at radius 2 is 1.72 bits per heavy atom. The van der Waals surface area contributed by atoms with Crippen LogP contribution in [0.3, 0.4) is 0 Å². The monoisotopic (exact) mass is 423 g/mol. The van der Waals surface area contributed by atoms with Gasteiger partial charge in [0.1, 0.15) is 0 Å². The van der Waals surface area contributed by atoms with E-state index in [1.165, 1.54) is 18.4 Å². The van der Waals surface area contributed by atoms with Gasteiger partial charge >= 0.3 is 0 Å². The SMILES string of the molecule is CCCCCc1ccc(S(=O)(=O)Nc2ccc(C(C)C)cc2Br)cc1. The highest BCUT2D eigenvalue weighted by molar-refractivity contribution is 9.10. The van der Waals surface area contributed by atoms with Crippen LogP contribution < -0.4 is 4.72 Å². The van der Waals surface area contributed by atoms with E-state index in [1.807, 2.05) is 24.3 Å². The van der Waals surface area contributed by atoms with E-state index < -0.39 is 10.0 Å². The molecular formula is C20H26BrNO2S. The van der Waals surface area contributed by atoms with Gasteiger partial charge in [-0.1, -0.05) is 51.8 Å². The standard InChI is InChI=1S/C20H26BrNO2S/c1-4-5-6-7-16-8-11-18(12-9-16)25(23,24)22-20-13-10-17(15(2)3)14-19(20)21/h8-15,22H,4-7H2,1-3H3. The first-order chi connectivity index (χ1) is 11.8. The zero-order valence-electron chi connectivity index (χ0n) is 15.0. The molecule has 5 heteroatoms. The van der Waals surface area contributed by atoms with Crippen molar-refractivity contribution < 1.29 is 8.42 Å². The Kier molecular flexibility index (Phi) is 7.08. The maximum absolute atomic E-state index is 12.6. The molecule has 0 aromatic heterocycles. The molecule has 0 aliphatic heterocycles. The summed E-state index contributed by atoms with van der Waals surface area (Å²) in [6.07, 6.45) is 4.50. The molecule has 0 amide bonds. The van der Waals surface area contributed by atoms with Crippen molar-refractivity contribution in [1.29, 1.82) is 0 Å². The quantitative estimate of drug-likeness (QED) is 0.520. The van der Waals surface area contributed by atoms with Crippen LogP contribution in [-0.2, 0) is 16.4 Å². The summed E-state index contributed by atoms with van der Waals surface area (Å²) in [4.78, 5) is 0.284. The van der Waals surface area contributed by atoms with Crippen molar-refractivity contribution in [1.82, 2.24) is 0 Å². The van der Waals surface area contributed by atoms with Gasteiger partial charge in [-0.15, -0.1) is 0 Å². The number of aryl methyl sites for hydroxylation is 1. The van der Waals surface area contributed by atoms with Crippen LogP contribution in [0.15, 0.2) is 51.8 Å². The number of unbranched alkanes of at least 4 members (excludes halogenated alkanes) is 2. The van der Waals surface area contributed by atoms with Crippen LogP contribution in [0.1, 0.15) is 57.1 Å². The van der Waals surface area contributed by atoms with Gasteiger partial charge in [-0.25, -0.2) is 8.42 Å². The van der Waals surface area contributed by atoms with Crippen LogP contribution in [0.25, 0.3) is 0 Å². The Hall–Kier alpha value is -1.33. The minimum atomic E-state index is -3.59. The van der Waals surface area contributed by atoms with Crippen LogP contribution in [-0.4, -0.2) is 8.42 Å². The fraction of sp³-hybridized carbons (Fsp3) is 0.400. The zero-order chi connectivity index (χ0) is 18.4. The molecule has 0 heterocycles. The largest absolute Gasteiger partial charge is 0.278 e. The smallest absolute Gasteiger partial charge is 0.261 e. The summed E-state index contributed by atoms with van der Waals surface area (Å²) in [6, 6.07) is 12.9. The van der Waals surface area contributed by atoms with Crippen molar-refractivity contribution in [2.75, 3.05) is 4.72 Å². The first-order valence-electron chi connectivity index (χ1n) is 8.74. The molecule has 0 unspecified atom stereocenters. The second-order valence-electron chi connectivity index (χ2n) is 6.60. The summed E-state index contributed by atoms with van der Waals surface area (Å²) in [7, 11) is -3.59. The van der Waals surface area contributed by atoms with Gasteiger partial charge < -0.3 is 0 Å². The molecule has 0 bridgehead atoms. The molecule has 0 spiro atoms. The summed E-state index contributed by atoms with van der Waals surface area (Å²) in [5.41, 5.74) is 2.89. The third kappa shape index (κ3) is 5.58. The van der Waals surface area contributed by atoms with Crippen molar-refractivity contribution in [3.05, 3.63) is 58.1 Å². The van der Waals surface area contributed by atoms with E-state index in [2.05, 4.69) is 41.4 Å². The van der Waals surface area contributed by atoms with E-state index in [0.29, 0.717) is 11.6 Å². The van der Waals surface area contributed by atoms with Gasteiger partial charge in [0.25, 0.3) is 10.0 Å². The van der Waals surface area contributed by atoms with Crippen molar-refractivity contribution in [3.63, 3.8) is 0 Å². The third-order valence-electron chi connectivity index (χ3n) is 4.21. The van der Waals surface area contributed by atoms with Crippen molar-refractivity contribution in [2.45, 2.75) is 57.3 Å². The summed E-state index contributed by atoms with van der Waals surface area (Å²) in [6.45, 7) is 6.38. The fourth-order valence-electron chi connectivity index (χ4n) is 2.59. The fourth-order valence-corrected chi connectivity index (χ4v) is 4.30. The zero-order valence-corrected chi connectivity index (χ0v) is 17.5. The van der Waals surface area contributed by atoms with Gasteiger partial charge in [-0.2, -0.15) is 0 Å². The predicted octanol–water partition coefficient (Wildman–Crippen LogP) is 6.11. The van der Waals surface area contributed by atoms with Gasteiger partial charge in [-0.05, 0) is 70.1 Å². The lowest BCUT2D eigenvalue weighted by Crippen LogP contribution is -2.13. The molecule has 0 aliphatic rings. The second kappa shape index (κ2) is 8.86. The Bertz CT molecular complexity index is 799. The average molecular weight is 424 g/mol. The molecule has 2 aromatic rings. The molecule has 2 aromatic carbocycles. The number of hydrogen-bond acceptors (Lipinski definition) is 2. The summed E-state index contributed by atoms with van der Waals surface area (Å²) in [5.74, 6) is 0.391. The highest BCUT2D eigenvalue weighted by atomic mass is 79.9. The first-order valence-corrected chi connectivity index (χ1v) is 11.0. The molecule has 0 radical (unpaired) electrons. The van der Waals surface area contributed by atoms with Crippen LogP contribution in [0.4, 0.5) is 5.69 Å². The Labute approximate surface area is 160 Å². The number of anilines is 1. The summed E-state index contributed by atoms with van der Waals surface area (Å²) >= 11 is 3.46. The molecule has 3 nitrogen and oxygen atoms in total. The molecule has 0 fully saturated rings. The maximum Gasteiger partial charge on any atom is 0.261 e. The van der Waals surface area contributed by atoms with E-state index in [0.717, 1.165) is 22.9 Å². The van der Waals surface area contributed by atoms with Crippen molar-refractivity contribution in [2.24, 2.45) is 0 Å². The second-order valence-corrected chi connectivity index (χ2v) is 9.14. The molecule has 0 aliphatic carbocycles. The Balaban J connectivity index is 2.13. The highest BCUT2D eigenvalue weighted by Crippen LogP contribution is 2.29.